The molecule has 1 heterocycles. The van der Waals surface area contributed by atoms with E-state index < -0.39 is 0 Å². The Morgan fingerprint density at radius 1 is 1.11 bits per heavy atom. The van der Waals surface area contributed by atoms with Gasteiger partial charge in [-0.15, -0.1) is 0 Å². The molecular formula is C14H12BrFN2. The van der Waals surface area contributed by atoms with Gasteiger partial charge in [-0.2, -0.15) is 0 Å². The Morgan fingerprint density at radius 3 is 2.72 bits per heavy atom. The fraction of sp³-hybridized carbons (Fsp3) is 0.143. The number of rotatable bonds is 1. The highest BCUT2D eigenvalue weighted by molar-refractivity contribution is 9.10. The topological polar surface area (TPSA) is 29.3 Å². The molecule has 0 amide bonds. The highest BCUT2D eigenvalue weighted by Crippen LogP contribution is 2.38. The highest BCUT2D eigenvalue weighted by atomic mass is 79.9. The SMILES string of the molecule is Nc1cc(Br)ccc1N1CCc2ccc(F)cc21. The summed E-state index contributed by atoms with van der Waals surface area (Å²) in [5.41, 5.74) is 9.75. The first kappa shape index (κ1) is 11.5. The van der Waals surface area contributed by atoms with Gasteiger partial charge in [0, 0.05) is 16.7 Å². The lowest BCUT2D eigenvalue weighted by Gasteiger charge is -2.21. The van der Waals surface area contributed by atoms with E-state index in [0.29, 0.717) is 5.69 Å². The molecule has 2 aromatic rings. The van der Waals surface area contributed by atoms with Crippen LogP contribution in [0.1, 0.15) is 5.56 Å². The van der Waals surface area contributed by atoms with E-state index in [4.69, 9.17) is 5.73 Å². The van der Waals surface area contributed by atoms with E-state index in [2.05, 4.69) is 20.8 Å². The van der Waals surface area contributed by atoms with Gasteiger partial charge in [-0.3, -0.25) is 0 Å². The average Bonchev–Trinajstić information content (AvgIpc) is 2.72. The van der Waals surface area contributed by atoms with E-state index in [-0.39, 0.29) is 5.82 Å². The number of benzene rings is 2. The van der Waals surface area contributed by atoms with Crippen LogP contribution in [-0.2, 0) is 6.42 Å². The molecule has 18 heavy (non-hydrogen) atoms. The number of nitrogen functional groups attached to an aromatic ring is 1. The molecule has 0 aliphatic carbocycles. The van der Waals surface area contributed by atoms with Gasteiger partial charge in [0.2, 0.25) is 0 Å². The molecule has 0 aromatic heterocycles. The van der Waals surface area contributed by atoms with Crippen molar-refractivity contribution >= 4 is 33.0 Å². The van der Waals surface area contributed by atoms with Gasteiger partial charge in [-0.05, 0) is 42.3 Å². The number of nitrogens with two attached hydrogens (primary N) is 1. The van der Waals surface area contributed by atoms with Crippen LogP contribution in [-0.4, -0.2) is 6.54 Å². The third-order valence-electron chi connectivity index (χ3n) is 3.22. The summed E-state index contributed by atoms with van der Waals surface area (Å²) in [7, 11) is 0. The maximum Gasteiger partial charge on any atom is 0.125 e. The molecule has 0 spiro atoms. The van der Waals surface area contributed by atoms with Crippen LogP contribution in [0.15, 0.2) is 40.9 Å². The smallest absolute Gasteiger partial charge is 0.125 e. The van der Waals surface area contributed by atoms with Crippen LogP contribution >= 0.6 is 15.9 Å². The Balaban J connectivity index is 2.08. The van der Waals surface area contributed by atoms with E-state index in [1.807, 2.05) is 24.3 Å². The molecule has 0 saturated heterocycles. The Morgan fingerprint density at radius 2 is 1.94 bits per heavy atom. The van der Waals surface area contributed by atoms with E-state index in [1.54, 1.807) is 6.07 Å². The number of hydrogen-bond donors (Lipinski definition) is 1. The quantitative estimate of drug-likeness (QED) is 0.811. The maximum atomic E-state index is 13.4. The van der Waals surface area contributed by atoms with E-state index in [9.17, 15) is 4.39 Å². The Bertz CT molecular complexity index is 613. The first-order valence-corrected chi connectivity index (χ1v) is 6.55. The maximum absolute atomic E-state index is 13.4. The van der Waals surface area contributed by atoms with Gasteiger partial charge in [-0.1, -0.05) is 22.0 Å². The van der Waals surface area contributed by atoms with Gasteiger partial charge in [0.25, 0.3) is 0 Å². The molecule has 4 heteroatoms. The monoisotopic (exact) mass is 306 g/mol. The normalized spacial score (nSPS) is 13.8. The minimum Gasteiger partial charge on any atom is -0.397 e. The van der Waals surface area contributed by atoms with Crippen molar-refractivity contribution in [3.63, 3.8) is 0 Å². The third-order valence-corrected chi connectivity index (χ3v) is 3.72. The van der Waals surface area contributed by atoms with Crippen molar-refractivity contribution in [2.24, 2.45) is 0 Å². The zero-order valence-corrected chi connectivity index (χ0v) is 11.2. The van der Waals surface area contributed by atoms with E-state index >= 15 is 0 Å². The van der Waals surface area contributed by atoms with E-state index in [0.717, 1.165) is 28.8 Å². The number of halogens is 2. The molecule has 0 radical (unpaired) electrons. The fourth-order valence-corrected chi connectivity index (χ4v) is 2.75. The predicted molar refractivity (Wildman–Crippen MR) is 75.7 cm³/mol. The summed E-state index contributed by atoms with van der Waals surface area (Å²) in [5.74, 6) is -0.212. The van der Waals surface area contributed by atoms with Crippen LogP contribution in [0.3, 0.4) is 0 Å². The molecule has 0 bridgehead atoms. The first-order valence-electron chi connectivity index (χ1n) is 5.76. The Hall–Kier alpha value is -1.55. The lowest BCUT2D eigenvalue weighted by molar-refractivity contribution is 0.628. The molecule has 0 atom stereocenters. The highest BCUT2D eigenvalue weighted by Gasteiger charge is 2.22. The fourth-order valence-electron chi connectivity index (χ4n) is 2.37. The van der Waals surface area contributed by atoms with Gasteiger partial charge in [0.15, 0.2) is 0 Å². The van der Waals surface area contributed by atoms with Crippen molar-refractivity contribution in [1.29, 1.82) is 0 Å². The van der Waals surface area contributed by atoms with Gasteiger partial charge in [0.1, 0.15) is 5.82 Å². The molecule has 2 N–H and O–H groups in total. The molecule has 2 nitrogen and oxygen atoms in total. The zero-order valence-electron chi connectivity index (χ0n) is 9.66. The van der Waals surface area contributed by atoms with Crippen LogP contribution in [0.5, 0.6) is 0 Å². The van der Waals surface area contributed by atoms with Crippen LogP contribution < -0.4 is 10.6 Å². The van der Waals surface area contributed by atoms with Crippen molar-refractivity contribution in [2.45, 2.75) is 6.42 Å². The molecule has 2 aromatic carbocycles. The summed E-state index contributed by atoms with van der Waals surface area (Å²) in [4.78, 5) is 2.07. The Kier molecular flexibility index (Phi) is 2.74. The average molecular weight is 307 g/mol. The van der Waals surface area contributed by atoms with E-state index in [1.165, 1.54) is 11.6 Å². The second-order valence-corrected chi connectivity index (χ2v) is 5.29. The van der Waals surface area contributed by atoms with Crippen LogP contribution in [0.25, 0.3) is 0 Å². The van der Waals surface area contributed by atoms with Crippen LogP contribution in [0.4, 0.5) is 21.5 Å². The summed E-state index contributed by atoms with van der Waals surface area (Å²) < 4.78 is 14.3. The lowest BCUT2D eigenvalue weighted by Crippen LogP contribution is -2.15. The van der Waals surface area contributed by atoms with Crippen molar-refractivity contribution in [1.82, 2.24) is 0 Å². The second-order valence-electron chi connectivity index (χ2n) is 4.38. The van der Waals surface area contributed by atoms with Gasteiger partial charge in [0.05, 0.1) is 11.4 Å². The third kappa shape index (κ3) is 1.86. The number of hydrogen-bond acceptors (Lipinski definition) is 2. The zero-order chi connectivity index (χ0) is 12.7. The summed E-state index contributed by atoms with van der Waals surface area (Å²) in [6.45, 7) is 0.838. The molecule has 3 rings (SSSR count). The van der Waals surface area contributed by atoms with Gasteiger partial charge >= 0.3 is 0 Å². The van der Waals surface area contributed by atoms with Crippen molar-refractivity contribution < 1.29 is 4.39 Å². The molecule has 92 valence electrons. The van der Waals surface area contributed by atoms with Crippen LogP contribution in [0.2, 0.25) is 0 Å². The molecule has 0 fully saturated rings. The Labute approximate surface area is 113 Å². The van der Waals surface area contributed by atoms with Crippen molar-refractivity contribution in [3.05, 3.63) is 52.3 Å². The standard InChI is InChI=1S/C14H12BrFN2/c15-10-2-4-13(12(17)7-10)18-6-5-9-1-3-11(16)8-14(9)18/h1-4,7-8H,5-6,17H2. The van der Waals surface area contributed by atoms with Gasteiger partial charge < -0.3 is 10.6 Å². The molecule has 1 aliphatic heterocycles. The minimum atomic E-state index is -0.212. The summed E-state index contributed by atoms with van der Waals surface area (Å²) in [6, 6.07) is 10.7. The number of fused-ring (bicyclic) bond motifs is 1. The molecular weight excluding hydrogens is 295 g/mol. The summed E-state index contributed by atoms with van der Waals surface area (Å²) in [6.07, 6.45) is 0.922. The lowest BCUT2D eigenvalue weighted by atomic mass is 10.1. The van der Waals surface area contributed by atoms with Gasteiger partial charge in [-0.25, -0.2) is 4.39 Å². The van der Waals surface area contributed by atoms with Crippen molar-refractivity contribution in [3.8, 4) is 0 Å². The van der Waals surface area contributed by atoms with Crippen molar-refractivity contribution in [2.75, 3.05) is 17.2 Å². The summed E-state index contributed by atoms with van der Waals surface area (Å²) in [5, 5.41) is 0. The predicted octanol–water partition coefficient (Wildman–Crippen LogP) is 3.86. The minimum absolute atomic E-state index is 0.212. The molecule has 0 saturated carbocycles. The first-order chi connectivity index (χ1) is 8.65. The number of nitrogens with zero attached hydrogens (tertiary/aromatic N) is 1. The number of anilines is 3. The van der Waals surface area contributed by atoms with Crippen LogP contribution in [0, 0.1) is 5.82 Å². The molecule has 0 unspecified atom stereocenters. The molecule has 1 aliphatic rings. The largest absolute Gasteiger partial charge is 0.397 e. The second kappa shape index (κ2) is 4.28. The summed E-state index contributed by atoms with van der Waals surface area (Å²) >= 11 is 3.39.